The van der Waals surface area contributed by atoms with E-state index in [1.54, 1.807) is 6.08 Å². The van der Waals surface area contributed by atoms with Crippen LogP contribution < -0.4 is 5.32 Å². The van der Waals surface area contributed by atoms with Crippen molar-refractivity contribution in [2.75, 3.05) is 18.4 Å². The summed E-state index contributed by atoms with van der Waals surface area (Å²) in [7, 11) is 0. The van der Waals surface area contributed by atoms with Gasteiger partial charge in [-0.2, -0.15) is 0 Å². The number of anilines is 1. The van der Waals surface area contributed by atoms with E-state index in [9.17, 15) is 4.79 Å². The van der Waals surface area contributed by atoms with Gasteiger partial charge in [-0.3, -0.25) is 9.69 Å². The average Bonchev–Trinajstić information content (AvgIpc) is 2.99. The van der Waals surface area contributed by atoms with E-state index in [0.29, 0.717) is 5.76 Å². The molecule has 1 aromatic heterocycles. The molecule has 0 aliphatic carbocycles. The molecule has 138 valence electrons. The van der Waals surface area contributed by atoms with Crippen LogP contribution in [0, 0.1) is 6.92 Å². The molecule has 5 nitrogen and oxygen atoms in total. The van der Waals surface area contributed by atoms with Crippen molar-refractivity contribution in [3.05, 3.63) is 59.6 Å². The van der Waals surface area contributed by atoms with Crippen LogP contribution in [0.3, 0.4) is 0 Å². The number of para-hydroxylation sites is 1. The predicted octanol–water partition coefficient (Wildman–Crippen LogP) is 3.85. The van der Waals surface area contributed by atoms with Gasteiger partial charge in [0.25, 0.3) is 0 Å². The zero-order chi connectivity index (χ0) is 18.5. The summed E-state index contributed by atoms with van der Waals surface area (Å²) in [5, 5.41) is 2.97. The molecule has 1 N–H and O–H groups in total. The van der Waals surface area contributed by atoms with Gasteiger partial charge in [0.05, 0.1) is 12.2 Å². The van der Waals surface area contributed by atoms with Crippen molar-refractivity contribution in [2.24, 2.45) is 0 Å². The molecule has 1 aromatic carbocycles. The number of furan rings is 1. The standard InChI is InChI=1S/C21H26N2O3/c1-15-8-9-19(26-15)10-11-21(24)22-20-7-5-4-6-18(20)14-23-12-16(2)25-17(3)13-23/h4-11,16-17H,12-14H2,1-3H3,(H,22,24)/b11-10+. The first-order valence-corrected chi connectivity index (χ1v) is 9.01. The number of rotatable bonds is 5. The van der Waals surface area contributed by atoms with Gasteiger partial charge in [0, 0.05) is 31.4 Å². The molecule has 0 bridgehead atoms. The Morgan fingerprint density at radius 1 is 1.19 bits per heavy atom. The number of carbonyl (C=O) groups is 1. The lowest BCUT2D eigenvalue weighted by molar-refractivity contribution is -0.111. The molecule has 5 heteroatoms. The first-order chi connectivity index (χ1) is 12.5. The summed E-state index contributed by atoms with van der Waals surface area (Å²) in [6.45, 7) is 8.64. The van der Waals surface area contributed by atoms with E-state index in [-0.39, 0.29) is 18.1 Å². The molecular weight excluding hydrogens is 328 g/mol. The van der Waals surface area contributed by atoms with Crippen LogP contribution in [0.25, 0.3) is 6.08 Å². The number of nitrogens with zero attached hydrogens (tertiary/aromatic N) is 1. The zero-order valence-electron chi connectivity index (χ0n) is 15.6. The molecular formula is C21H26N2O3. The smallest absolute Gasteiger partial charge is 0.248 e. The topological polar surface area (TPSA) is 54.7 Å². The van der Waals surface area contributed by atoms with Crippen molar-refractivity contribution in [3.8, 4) is 0 Å². The Labute approximate surface area is 154 Å². The lowest BCUT2D eigenvalue weighted by Crippen LogP contribution is -2.44. The fourth-order valence-electron chi connectivity index (χ4n) is 3.31. The molecule has 1 saturated heterocycles. The Bertz CT molecular complexity index is 771. The first kappa shape index (κ1) is 18.4. The molecule has 2 heterocycles. The maximum Gasteiger partial charge on any atom is 0.248 e. The quantitative estimate of drug-likeness (QED) is 0.829. The van der Waals surface area contributed by atoms with Gasteiger partial charge in [0.15, 0.2) is 0 Å². The summed E-state index contributed by atoms with van der Waals surface area (Å²) in [6, 6.07) is 11.6. The molecule has 26 heavy (non-hydrogen) atoms. The first-order valence-electron chi connectivity index (χ1n) is 9.01. The minimum Gasteiger partial charge on any atom is -0.462 e. The van der Waals surface area contributed by atoms with Crippen LogP contribution >= 0.6 is 0 Å². The molecule has 1 amide bonds. The third-order valence-electron chi connectivity index (χ3n) is 4.32. The number of amides is 1. The molecule has 2 aromatic rings. The van der Waals surface area contributed by atoms with Crippen LogP contribution in [0.4, 0.5) is 5.69 Å². The highest BCUT2D eigenvalue weighted by Gasteiger charge is 2.22. The highest BCUT2D eigenvalue weighted by molar-refractivity contribution is 6.02. The minimum absolute atomic E-state index is 0.171. The number of carbonyl (C=O) groups excluding carboxylic acids is 1. The van der Waals surface area contributed by atoms with Gasteiger partial charge in [0.2, 0.25) is 5.91 Å². The van der Waals surface area contributed by atoms with Gasteiger partial charge in [-0.25, -0.2) is 0 Å². The summed E-state index contributed by atoms with van der Waals surface area (Å²) in [5.41, 5.74) is 1.94. The van der Waals surface area contributed by atoms with E-state index in [0.717, 1.165) is 36.6 Å². The average molecular weight is 354 g/mol. The van der Waals surface area contributed by atoms with Crippen LogP contribution in [-0.4, -0.2) is 36.1 Å². The molecule has 0 saturated carbocycles. The summed E-state index contributed by atoms with van der Waals surface area (Å²) in [4.78, 5) is 14.6. The zero-order valence-corrected chi connectivity index (χ0v) is 15.6. The second-order valence-electron chi connectivity index (χ2n) is 6.88. The maximum atomic E-state index is 12.3. The SMILES string of the molecule is Cc1ccc(/C=C/C(=O)Nc2ccccc2CN2CC(C)OC(C)C2)o1. The number of hydrogen-bond acceptors (Lipinski definition) is 4. The van der Waals surface area contributed by atoms with E-state index in [1.165, 1.54) is 6.08 Å². The number of aryl methyl sites for hydroxylation is 1. The van der Waals surface area contributed by atoms with Crippen molar-refractivity contribution in [2.45, 2.75) is 39.5 Å². The minimum atomic E-state index is -0.171. The van der Waals surface area contributed by atoms with Crippen molar-refractivity contribution >= 4 is 17.7 Å². The van der Waals surface area contributed by atoms with Crippen LogP contribution in [-0.2, 0) is 16.1 Å². The largest absolute Gasteiger partial charge is 0.462 e. The maximum absolute atomic E-state index is 12.3. The molecule has 1 fully saturated rings. The highest BCUT2D eigenvalue weighted by Crippen LogP contribution is 2.20. The highest BCUT2D eigenvalue weighted by atomic mass is 16.5. The summed E-state index contributed by atoms with van der Waals surface area (Å²) < 4.78 is 11.2. The summed E-state index contributed by atoms with van der Waals surface area (Å²) >= 11 is 0. The number of morpholine rings is 1. The molecule has 0 spiro atoms. The van der Waals surface area contributed by atoms with Crippen LogP contribution in [0.15, 0.2) is 46.9 Å². The van der Waals surface area contributed by atoms with Gasteiger partial charge >= 0.3 is 0 Å². The van der Waals surface area contributed by atoms with Gasteiger partial charge in [-0.05, 0) is 50.6 Å². The lowest BCUT2D eigenvalue weighted by atomic mass is 10.1. The van der Waals surface area contributed by atoms with Crippen molar-refractivity contribution < 1.29 is 13.9 Å². The van der Waals surface area contributed by atoms with E-state index in [4.69, 9.17) is 9.15 Å². The predicted molar refractivity (Wildman–Crippen MR) is 103 cm³/mol. The molecule has 1 aliphatic heterocycles. The Kier molecular flexibility index (Phi) is 5.91. The monoisotopic (exact) mass is 354 g/mol. The van der Waals surface area contributed by atoms with Crippen molar-refractivity contribution in [1.82, 2.24) is 4.90 Å². The molecule has 1 aliphatic rings. The fraction of sp³-hybridized carbons (Fsp3) is 0.381. The van der Waals surface area contributed by atoms with Crippen LogP contribution in [0.2, 0.25) is 0 Å². The van der Waals surface area contributed by atoms with Crippen molar-refractivity contribution in [1.29, 1.82) is 0 Å². The fourth-order valence-corrected chi connectivity index (χ4v) is 3.31. The second kappa shape index (κ2) is 8.34. The number of nitrogens with one attached hydrogen (secondary N) is 1. The second-order valence-corrected chi connectivity index (χ2v) is 6.88. The number of ether oxygens (including phenoxy) is 1. The summed E-state index contributed by atoms with van der Waals surface area (Å²) in [6.07, 6.45) is 3.62. The Morgan fingerprint density at radius 3 is 2.62 bits per heavy atom. The Hall–Kier alpha value is -2.37. The van der Waals surface area contributed by atoms with Gasteiger partial charge in [0.1, 0.15) is 11.5 Å². The van der Waals surface area contributed by atoms with E-state index < -0.39 is 0 Å². The molecule has 2 unspecified atom stereocenters. The lowest BCUT2D eigenvalue weighted by Gasteiger charge is -2.35. The van der Waals surface area contributed by atoms with E-state index >= 15 is 0 Å². The Morgan fingerprint density at radius 2 is 1.92 bits per heavy atom. The summed E-state index contributed by atoms with van der Waals surface area (Å²) in [5.74, 6) is 1.32. The van der Waals surface area contributed by atoms with Gasteiger partial charge in [-0.1, -0.05) is 18.2 Å². The third kappa shape index (κ3) is 5.07. The molecule has 3 rings (SSSR count). The van der Waals surface area contributed by atoms with Gasteiger partial charge < -0.3 is 14.5 Å². The number of benzene rings is 1. The number of hydrogen-bond donors (Lipinski definition) is 1. The van der Waals surface area contributed by atoms with Crippen molar-refractivity contribution in [3.63, 3.8) is 0 Å². The Balaban J connectivity index is 1.65. The molecule has 0 radical (unpaired) electrons. The van der Waals surface area contributed by atoms with Crippen LogP contribution in [0.5, 0.6) is 0 Å². The third-order valence-corrected chi connectivity index (χ3v) is 4.32. The van der Waals surface area contributed by atoms with E-state index in [1.807, 2.05) is 37.3 Å². The van der Waals surface area contributed by atoms with E-state index in [2.05, 4.69) is 30.1 Å². The normalized spacial score (nSPS) is 21.2. The molecule has 2 atom stereocenters. The van der Waals surface area contributed by atoms with Gasteiger partial charge in [-0.15, -0.1) is 0 Å². The van der Waals surface area contributed by atoms with Crippen LogP contribution in [0.1, 0.15) is 30.9 Å².